The highest BCUT2D eigenvalue weighted by molar-refractivity contribution is 5.39. The Balaban J connectivity index is 1.97. The predicted octanol–water partition coefficient (Wildman–Crippen LogP) is 3.36. The van der Waals surface area contributed by atoms with E-state index in [-0.39, 0.29) is 5.41 Å². The van der Waals surface area contributed by atoms with Crippen LogP contribution in [0.25, 0.3) is 0 Å². The Kier molecular flexibility index (Phi) is 2.25. The van der Waals surface area contributed by atoms with Gasteiger partial charge < -0.3 is 5.43 Å². The molecular weight excluding hydrogens is 208 g/mol. The summed E-state index contributed by atoms with van der Waals surface area (Å²) in [6.07, 6.45) is 5.25. The molecule has 1 aromatic carbocycles. The molecule has 0 bridgehead atoms. The molecule has 1 heterocycles. The maximum atomic E-state index is 3.58. The molecule has 2 nitrogen and oxygen atoms in total. The van der Waals surface area contributed by atoms with Gasteiger partial charge in [-0.3, -0.25) is 4.68 Å². The summed E-state index contributed by atoms with van der Waals surface area (Å²) in [5, 5.41) is 0. The van der Waals surface area contributed by atoms with E-state index in [9.17, 15) is 0 Å². The molecule has 2 heteroatoms. The van der Waals surface area contributed by atoms with Gasteiger partial charge in [0, 0.05) is 12.4 Å². The van der Waals surface area contributed by atoms with E-state index in [1.165, 1.54) is 11.1 Å². The number of aromatic nitrogens is 1. The maximum absolute atomic E-state index is 3.58. The number of hydrogen-bond donors (Lipinski definition) is 1. The van der Waals surface area contributed by atoms with Gasteiger partial charge in [-0.05, 0) is 35.1 Å². The second-order valence-corrected chi connectivity index (χ2v) is 5.52. The first kappa shape index (κ1) is 10.5. The summed E-state index contributed by atoms with van der Waals surface area (Å²) >= 11 is 0. The minimum Gasteiger partial charge on any atom is -0.318 e. The molecule has 1 atom stereocenters. The highest BCUT2D eigenvalue weighted by Crippen LogP contribution is 2.45. The Labute approximate surface area is 102 Å². The zero-order valence-corrected chi connectivity index (χ0v) is 10.4. The van der Waals surface area contributed by atoms with Crippen molar-refractivity contribution >= 4 is 0 Å². The molecular formula is C15H18N2. The molecule has 1 aromatic heterocycles. The molecule has 0 saturated heterocycles. The van der Waals surface area contributed by atoms with Gasteiger partial charge in [0.2, 0.25) is 0 Å². The lowest BCUT2D eigenvalue weighted by atomic mass is 9.86. The van der Waals surface area contributed by atoms with Crippen LogP contribution in [-0.4, -0.2) is 4.68 Å². The van der Waals surface area contributed by atoms with Crippen molar-refractivity contribution < 1.29 is 0 Å². The Bertz CT molecular complexity index is 511. The summed E-state index contributed by atoms with van der Waals surface area (Å²) in [6, 6.07) is 13.2. The molecule has 0 radical (unpaired) electrons. The fraction of sp³-hybridized carbons (Fsp3) is 0.333. The van der Waals surface area contributed by atoms with Crippen LogP contribution < -0.4 is 5.43 Å². The van der Waals surface area contributed by atoms with E-state index in [1.54, 1.807) is 0 Å². The van der Waals surface area contributed by atoms with Crippen LogP contribution >= 0.6 is 0 Å². The third kappa shape index (κ3) is 1.74. The Morgan fingerprint density at radius 1 is 1.12 bits per heavy atom. The number of nitrogens with zero attached hydrogens (tertiary/aromatic N) is 1. The van der Waals surface area contributed by atoms with Crippen molar-refractivity contribution in [3.05, 3.63) is 59.9 Å². The maximum Gasteiger partial charge on any atom is 0.0730 e. The second kappa shape index (κ2) is 3.66. The summed E-state index contributed by atoms with van der Waals surface area (Å²) in [6.45, 7) is 4.66. The topological polar surface area (TPSA) is 17.0 Å². The van der Waals surface area contributed by atoms with E-state index >= 15 is 0 Å². The van der Waals surface area contributed by atoms with Crippen molar-refractivity contribution in [3.63, 3.8) is 0 Å². The van der Waals surface area contributed by atoms with E-state index in [2.05, 4.69) is 60.6 Å². The third-order valence-electron chi connectivity index (χ3n) is 3.68. The number of benzene rings is 1. The molecule has 1 N–H and O–H groups in total. The molecule has 0 aliphatic heterocycles. The fourth-order valence-corrected chi connectivity index (χ4v) is 2.80. The number of hydrogen-bond acceptors (Lipinski definition) is 1. The van der Waals surface area contributed by atoms with Crippen molar-refractivity contribution in [2.45, 2.75) is 26.3 Å². The van der Waals surface area contributed by atoms with Gasteiger partial charge >= 0.3 is 0 Å². The number of fused-ring (bicyclic) bond motifs is 1. The van der Waals surface area contributed by atoms with Gasteiger partial charge in [0.05, 0.1) is 6.04 Å². The van der Waals surface area contributed by atoms with E-state index in [1.807, 2.05) is 12.1 Å². The largest absolute Gasteiger partial charge is 0.318 e. The van der Waals surface area contributed by atoms with Gasteiger partial charge in [0.1, 0.15) is 0 Å². The van der Waals surface area contributed by atoms with Crippen molar-refractivity contribution in [1.29, 1.82) is 0 Å². The zero-order valence-electron chi connectivity index (χ0n) is 10.4. The monoisotopic (exact) mass is 226 g/mol. The highest BCUT2D eigenvalue weighted by Gasteiger charge is 2.38. The summed E-state index contributed by atoms with van der Waals surface area (Å²) in [7, 11) is 0. The second-order valence-electron chi connectivity index (χ2n) is 5.52. The molecule has 88 valence electrons. The minimum absolute atomic E-state index is 0.258. The first-order chi connectivity index (χ1) is 8.17. The molecule has 0 fully saturated rings. The highest BCUT2D eigenvalue weighted by atomic mass is 15.4. The normalized spacial score (nSPS) is 21.2. The minimum atomic E-state index is 0.258. The summed E-state index contributed by atoms with van der Waals surface area (Å²) in [4.78, 5) is 0. The number of rotatable bonds is 2. The standard InChI is InChI=1S/C15H18N2/c1-15(2)11-12-7-3-4-8-13(12)14(15)16-17-9-5-6-10-17/h3-10,14,16H,11H2,1-2H3. The Hall–Kier alpha value is -1.70. The van der Waals surface area contributed by atoms with E-state index in [0.717, 1.165) is 6.42 Å². The van der Waals surface area contributed by atoms with E-state index in [4.69, 9.17) is 0 Å². The molecule has 0 spiro atoms. The SMILES string of the molecule is CC1(C)Cc2ccccc2C1Nn1cccc1. The van der Waals surface area contributed by atoms with E-state index in [0.29, 0.717) is 6.04 Å². The third-order valence-corrected chi connectivity index (χ3v) is 3.68. The van der Waals surface area contributed by atoms with Crippen LogP contribution in [0.5, 0.6) is 0 Å². The number of nitrogens with one attached hydrogen (secondary N) is 1. The molecule has 1 unspecified atom stereocenters. The van der Waals surface area contributed by atoms with Crippen LogP contribution in [0.4, 0.5) is 0 Å². The van der Waals surface area contributed by atoms with Crippen molar-refractivity contribution in [3.8, 4) is 0 Å². The molecule has 17 heavy (non-hydrogen) atoms. The van der Waals surface area contributed by atoms with Gasteiger partial charge in [-0.1, -0.05) is 38.1 Å². The Morgan fingerprint density at radius 2 is 1.82 bits per heavy atom. The smallest absolute Gasteiger partial charge is 0.0730 e. The molecule has 3 rings (SSSR count). The molecule has 0 saturated carbocycles. The molecule has 2 aromatic rings. The van der Waals surface area contributed by atoms with Crippen LogP contribution in [-0.2, 0) is 6.42 Å². The molecule has 1 aliphatic carbocycles. The van der Waals surface area contributed by atoms with Crippen molar-refractivity contribution in [2.24, 2.45) is 5.41 Å². The Morgan fingerprint density at radius 3 is 2.59 bits per heavy atom. The van der Waals surface area contributed by atoms with Crippen LogP contribution in [0, 0.1) is 5.41 Å². The van der Waals surface area contributed by atoms with Gasteiger partial charge in [-0.15, -0.1) is 0 Å². The molecule has 1 aliphatic rings. The first-order valence-corrected chi connectivity index (χ1v) is 6.14. The van der Waals surface area contributed by atoms with Crippen LogP contribution in [0.3, 0.4) is 0 Å². The average Bonchev–Trinajstić information content (AvgIpc) is 2.86. The van der Waals surface area contributed by atoms with Crippen LogP contribution in [0.15, 0.2) is 48.8 Å². The van der Waals surface area contributed by atoms with Crippen LogP contribution in [0.1, 0.15) is 31.0 Å². The lowest BCUT2D eigenvalue weighted by Crippen LogP contribution is -2.29. The van der Waals surface area contributed by atoms with Gasteiger partial charge in [0.15, 0.2) is 0 Å². The zero-order chi connectivity index (χ0) is 11.9. The van der Waals surface area contributed by atoms with Crippen LogP contribution in [0.2, 0.25) is 0 Å². The van der Waals surface area contributed by atoms with Gasteiger partial charge in [-0.25, -0.2) is 0 Å². The first-order valence-electron chi connectivity index (χ1n) is 6.14. The van der Waals surface area contributed by atoms with Crippen molar-refractivity contribution in [2.75, 3.05) is 5.43 Å². The lowest BCUT2D eigenvalue weighted by Gasteiger charge is -2.29. The van der Waals surface area contributed by atoms with E-state index < -0.39 is 0 Å². The summed E-state index contributed by atoms with van der Waals surface area (Å²) in [5.74, 6) is 0. The van der Waals surface area contributed by atoms with Crippen molar-refractivity contribution in [1.82, 2.24) is 4.68 Å². The molecule has 0 amide bonds. The fourth-order valence-electron chi connectivity index (χ4n) is 2.80. The van der Waals surface area contributed by atoms with Gasteiger partial charge in [0.25, 0.3) is 0 Å². The summed E-state index contributed by atoms with van der Waals surface area (Å²) in [5.41, 5.74) is 6.75. The quantitative estimate of drug-likeness (QED) is 0.831. The van der Waals surface area contributed by atoms with Gasteiger partial charge in [-0.2, -0.15) is 0 Å². The predicted molar refractivity (Wildman–Crippen MR) is 70.5 cm³/mol. The summed E-state index contributed by atoms with van der Waals surface area (Å²) < 4.78 is 2.05. The average molecular weight is 226 g/mol. The lowest BCUT2D eigenvalue weighted by molar-refractivity contribution is 0.320.